The summed E-state index contributed by atoms with van der Waals surface area (Å²) in [6.07, 6.45) is 5.58. The van der Waals surface area contributed by atoms with E-state index in [2.05, 4.69) is 61.6 Å². The predicted octanol–water partition coefficient (Wildman–Crippen LogP) is 4.85. The molecule has 1 fully saturated rings. The van der Waals surface area contributed by atoms with E-state index in [1.165, 1.54) is 43.6 Å². The number of fused-ring (bicyclic) bond motifs is 3. The lowest BCUT2D eigenvalue weighted by atomic mass is 10.1. The number of hydrogen-bond donors (Lipinski definition) is 1. The van der Waals surface area contributed by atoms with Crippen molar-refractivity contribution < 1.29 is 0 Å². The van der Waals surface area contributed by atoms with Gasteiger partial charge in [0.15, 0.2) is 0 Å². The summed E-state index contributed by atoms with van der Waals surface area (Å²) in [6.45, 7) is 7.13. The fourth-order valence-electron chi connectivity index (χ4n) is 3.97. The van der Waals surface area contributed by atoms with Crippen molar-refractivity contribution in [3.63, 3.8) is 0 Å². The second kappa shape index (κ2) is 7.55. The highest BCUT2D eigenvalue weighted by molar-refractivity contribution is 7.25. The molecule has 4 heterocycles. The van der Waals surface area contributed by atoms with Gasteiger partial charge >= 0.3 is 0 Å². The van der Waals surface area contributed by atoms with Gasteiger partial charge in [0.25, 0.3) is 0 Å². The molecule has 0 radical (unpaired) electrons. The molecule has 5 rings (SSSR count). The Balaban J connectivity index is 1.39. The van der Waals surface area contributed by atoms with Crippen LogP contribution in [-0.4, -0.2) is 33.3 Å². The topological polar surface area (TPSA) is 66.8 Å². The van der Waals surface area contributed by atoms with Crippen molar-refractivity contribution in [1.82, 2.24) is 20.2 Å². The number of nitrogens with one attached hydrogen (secondary N) is 1. The van der Waals surface area contributed by atoms with Gasteiger partial charge in [0.1, 0.15) is 17.0 Å². The summed E-state index contributed by atoms with van der Waals surface area (Å²) in [6, 6.07) is 8.89. The van der Waals surface area contributed by atoms with Gasteiger partial charge in [-0.05, 0) is 56.4 Å². The van der Waals surface area contributed by atoms with E-state index in [-0.39, 0.29) is 0 Å². The van der Waals surface area contributed by atoms with Crippen molar-refractivity contribution in [2.75, 3.05) is 23.3 Å². The maximum Gasteiger partial charge on any atom is 0.149 e. The first-order chi connectivity index (χ1) is 14.2. The molecule has 0 unspecified atom stereocenters. The average Bonchev–Trinajstić information content (AvgIpc) is 3.16. The molecule has 1 aliphatic heterocycles. The van der Waals surface area contributed by atoms with Gasteiger partial charge in [-0.25, -0.2) is 9.97 Å². The van der Waals surface area contributed by atoms with Crippen molar-refractivity contribution in [1.29, 1.82) is 0 Å². The molecule has 0 aliphatic carbocycles. The standard InChI is InChI=1S/C22H24N6S/c1-14-15(2)26-27-22-18(14)19-20(29-22)21(25-13-24-19)23-12-16-6-8-17(9-7-16)28-10-4-3-5-11-28/h6-9,13H,3-5,10-12H2,1-2H3,(H,23,24,25). The fraction of sp³-hybridized carbons (Fsp3) is 0.364. The van der Waals surface area contributed by atoms with Crippen LogP contribution in [0.3, 0.4) is 0 Å². The van der Waals surface area contributed by atoms with Crippen molar-refractivity contribution >= 4 is 43.3 Å². The second-order valence-electron chi connectivity index (χ2n) is 7.66. The van der Waals surface area contributed by atoms with Gasteiger partial charge in [-0.3, -0.25) is 0 Å². The Morgan fingerprint density at radius 1 is 1.00 bits per heavy atom. The normalized spacial score (nSPS) is 14.6. The third kappa shape index (κ3) is 3.40. The molecule has 148 valence electrons. The minimum absolute atomic E-state index is 0.727. The van der Waals surface area contributed by atoms with Gasteiger partial charge in [0.05, 0.1) is 15.9 Å². The van der Waals surface area contributed by atoms with Crippen LogP contribution in [0.5, 0.6) is 0 Å². The minimum Gasteiger partial charge on any atom is -0.372 e. The number of rotatable bonds is 4. The van der Waals surface area contributed by atoms with Crippen molar-refractivity contribution in [2.45, 2.75) is 39.7 Å². The summed E-state index contributed by atoms with van der Waals surface area (Å²) in [5, 5.41) is 13.2. The van der Waals surface area contributed by atoms with E-state index in [9.17, 15) is 0 Å². The van der Waals surface area contributed by atoms with Crippen LogP contribution in [0.25, 0.3) is 20.4 Å². The molecule has 0 amide bonds. The maximum atomic E-state index is 4.54. The van der Waals surface area contributed by atoms with Crippen LogP contribution in [0, 0.1) is 13.8 Å². The third-order valence-electron chi connectivity index (χ3n) is 5.78. The second-order valence-corrected chi connectivity index (χ2v) is 8.66. The molecule has 7 heteroatoms. The molecule has 1 saturated heterocycles. The molecule has 1 N–H and O–H groups in total. The van der Waals surface area contributed by atoms with Crippen LogP contribution in [0.15, 0.2) is 30.6 Å². The maximum absolute atomic E-state index is 4.54. The first-order valence-electron chi connectivity index (χ1n) is 10.2. The van der Waals surface area contributed by atoms with Crippen LogP contribution >= 0.6 is 11.3 Å². The largest absolute Gasteiger partial charge is 0.372 e. The summed E-state index contributed by atoms with van der Waals surface area (Å²) in [4.78, 5) is 12.4. The zero-order valence-corrected chi connectivity index (χ0v) is 17.6. The molecule has 0 saturated carbocycles. The van der Waals surface area contributed by atoms with Crippen LogP contribution in [0.4, 0.5) is 11.5 Å². The summed E-state index contributed by atoms with van der Waals surface area (Å²) >= 11 is 1.60. The Morgan fingerprint density at radius 3 is 2.59 bits per heavy atom. The van der Waals surface area contributed by atoms with E-state index in [4.69, 9.17) is 0 Å². The third-order valence-corrected chi connectivity index (χ3v) is 6.85. The highest BCUT2D eigenvalue weighted by Crippen LogP contribution is 2.36. The van der Waals surface area contributed by atoms with Gasteiger partial charge < -0.3 is 10.2 Å². The van der Waals surface area contributed by atoms with Crippen molar-refractivity contribution in [3.8, 4) is 0 Å². The summed E-state index contributed by atoms with van der Waals surface area (Å²) < 4.78 is 1.04. The van der Waals surface area contributed by atoms with E-state index in [1.54, 1.807) is 17.7 Å². The number of thiophene rings is 1. The first kappa shape index (κ1) is 18.2. The van der Waals surface area contributed by atoms with Gasteiger partial charge in [-0.15, -0.1) is 16.4 Å². The average molecular weight is 405 g/mol. The van der Waals surface area contributed by atoms with Crippen molar-refractivity contribution in [2.24, 2.45) is 0 Å². The quantitative estimate of drug-likeness (QED) is 0.524. The number of hydrogen-bond acceptors (Lipinski definition) is 7. The molecule has 0 spiro atoms. The molecule has 1 aliphatic rings. The molecule has 4 aromatic rings. The Morgan fingerprint density at radius 2 is 1.79 bits per heavy atom. The van der Waals surface area contributed by atoms with Crippen LogP contribution in [-0.2, 0) is 6.54 Å². The van der Waals surface area contributed by atoms with Gasteiger partial charge in [-0.1, -0.05) is 12.1 Å². The zero-order valence-electron chi connectivity index (χ0n) is 16.8. The van der Waals surface area contributed by atoms with E-state index in [1.807, 2.05) is 6.92 Å². The Labute approximate surface area is 174 Å². The molecular weight excluding hydrogens is 380 g/mol. The number of aromatic nitrogens is 4. The summed E-state index contributed by atoms with van der Waals surface area (Å²) in [5.41, 5.74) is 5.61. The molecule has 0 bridgehead atoms. The van der Waals surface area contributed by atoms with E-state index in [0.717, 1.165) is 44.1 Å². The predicted molar refractivity (Wildman–Crippen MR) is 120 cm³/mol. The smallest absolute Gasteiger partial charge is 0.149 e. The number of piperidine rings is 1. The summed E-state index contributed by atoms with van der Waals surface area (Å²) in [7, 11) is 0. The minimum atomic E-state index is 0.727. The van der Waals surface area contributed by atoms with Gasteiger partial charge in [0, 0.05) is 30.7 Å². The molecule has 1 aromatic carbocycles. The first-order valence-corrected chi connectivity index (χ1v) is 11.0. The SMILES string of the molecule is Cc1nnc2sc3c(NCc4ccc(N5CCCCC5)cc4)ncnc3c2c1C. The lowest BCUT2D eigenvalue weighted by Gasteiger charge is -2.28. The van der Waals surface area contributed by atoms with E-state index < -0.39 is 0 Å². The van der Waals surface area contributed by atoms with E-state index >= 15 is 0 Å². The Bertz CT molecular complexity index is 1160. The molecule has 3 aromatic heterocycles. The Hall–Kier alpha value is -2.80. The monoisotopic (exact) mass is 404 g/mol. The van der Waals surface area contributed by atoms with Gasteiger partial charge in [0.2, 0.25) is 0 Å². The van der Waals surface area contributed by atoms with E-state index in [0.29, 0.717) is 0 Å². The van der Waals surface area contributed by atoms with Gasteiger partial charge in [-0.2, -0.15) is 5.10 Å². The summed E-state index contributed by atoms with van der Waals surface area (Å²) in [5.74, 6) is 0.857. The molecule has 6 nitrogen and oxygen atoms in total. The van der Waals surface area contributed by atoms with Crippen LogP contribution in [0.1, 0.15) is 36.1 Å². The number of benzene rings is 1. The molecule has 0 atom stereocenters. The number of anilines is 2. The number of aryl methyl sites for hydroxylation is 2. The highest BCUT2D eigenvalue weighted by Gasteiger charge is 2.16. The number of nitrogens with zero attached hydrogens (tertiary/aromatic N) is 5. The highest BCUT2D eigenvalue weighted by atomic mass is 32.1. The van der Waals surface area contributed by atoms with Crippen molar-refractivity contribution in [3.05, 3.63) is 47.4 Å². The lowest BCUT2D eigenvalue weighted by molar-refractivity contribution is 0.578. The Kier molecular flexibility index (Phi) is 4.75. The van der Waals surface area contributed by atoms with Crippen LogP contribution in [0.2, 0.25) is 0 Å². The molecular formula is C22H24N6S. The lowest BCUT2D eigenvalue weighted by Crippen LogP contribution is -2.29. The van der Waals surface area contributed by atoms with Crippen LogP contribution < -0.4 is 10.2 Å². The fourth-order valence-corrected chi connectivity index (χ4v) is 5.07. The zero-order chi connectivity index (χ0) is 19.8. The molecule has 29 heavy (non-hydrogen) atoms.